The molecule has 2 fully saturated rings. The van der Waals surface area contributed by atoms with Crippen molar-refractivity contribution in [1.82, 2.24) is 29.4 Å². The molecule has 0 spiro atoms. The summed E-state index contributed by atoms with van der Waals surface area (Å²) in [6.45, 7) is 14.0. The van der Waals surface area contributed by atoms with Crippen LogP contribution in [0.25, 0.3) is 5.78 Å². The highest BCUT2D eigenvalue weighted by atomic mass is 16.5. The first-order chi connectivity index (χ1) is 14.6. The molecule has 9 nitrogen and oxygen atoms in total. The Kier molecular flexibility index (Phi) is 6.48. The van der Waals surface area contributed by atoms with Crippen molar-refractivity contribution in [3.63, 3.8) is 0 Å². The summed E-state index contributed by atoms with van der Waals surface area (Å²) in [7, 11) is 0. The number of hydrogen-bond donors (Lipinski definition) is 0. The van der Waals surface area contributed by atoms with Gasteiger partial charge in [0.25, 0.3) is 5.78 Å². The van der Waals surface area contributed by atoms with Crippen LogP contribution in [0.15, 0.2) is 6.07 Å². The third kappa shape index (κ3) is 4.57. The maximum atomic E-state index is 12.1. The molecule has 0 aromatic carbocycles. The number of anilines is 1. The minimum Gasteiger partial charge on any atom is -0.466 e. The van der Waals surface area contributed by atoms with Crippen molar-refractivity contribution in [2.75, 3.05) is 57.3 Å². The number of nitrogens with zero attached hydrogens (tertiary/aromatic N) is 7. The number of ether oxygens (including phenoxy) is 1. The number of piperazine rings is 1. The Morgan fingerprint density at radius 1 is 1.13 bits per heavy atom. The van der Waals surface area contributed by atoms with Crippen molar-refractivity contribution < 1.29 is 9.53 Å². The standard InChI is InChI=1S/C21H33N7O2/c1-4-25-9-11-27(12-10-25)19-13-16(3)22-21-23-18(24-28(19)21)15-26-8-6-7-17(14-26)20(29)30-5-2/h13,17H,4-12,14-15H2,1-3H3. The molecule has 164 valence electrons. The molecule has 0 bridgehead atoms. The Balaban J connectivity index is 1.50. The molecular formula is C21H33N7O2. The highest BCUT2D eigenvalue weighted by Gasteiger charge is 2.28. The van der Waals surface area contributed by atoms with Crippen molar-refractivity contribution >= 4 is 17.6 Å². The number of aryl methyl sites for hydroxylation is 1. The van der Waals surface area contributed by atoms with Crippen LogP contribution in [0.5, 0.6) is 0 Å². The SMILES string of the molecule is CCOC(=O)C1CCCN(Cc2nc3nc(C)cc(N4CCN(CC)CC4)n3n2)C1. The molecule has 2 aliphatic heterocycles. The van der Waals surface area contributed by atoms with Gasteiger partial charge < -0.3 is 14.5 Å². The molecule has 1 atom stereocenters. The van der Waals surface area contributed by atoms with Gasteiger partial charge in [0.1, 0.15) is 5.82 Å². The van der Waals surface area contributed by atoms with Crippen LogP contribution in [-0.4, -0.2) is 87.8 Å². The third-order valence-electron chi connectivity index (χ3n) is 6.10. The molecule has 2 aromatic rings. The molecular weight excluding hydrogens is 382 g/mol. The largest absolute Gasteiger partial charge is 0.466 e. The number of carbonyl (C=O) groups excluding carboxylic acids is 1. The van der Waals surface area contributed by atoms with Gasteiger partial charge in [-0.25, -0.2) is 4.98 Å². The van der Waals surface area contributed by atoms with Gasteiger partial charge in [0.2, 0.25) is 0 Å². The van der Waals surface area contributed by atoms with Gasteiger partial charge in [0.15, 0.2) is 5.82 Å². The van der Waals surface area contributed by atoms with Gasteiger partial charge in [-0.1, -0.05) is 6.92 Å². The van der Waals surface area contributed by atoms with Gasteiger partial charge in [0.05, 0.1) is 19.1 Å². The number of likely N-dealkylation sites (N-methyl/N-ethyl adjacent to an activating group) is 1. The molecule has 9 heteroatoms. The second-order valence-corrected chi connectivity index (χ2v) is 8.24. The molecule has 2 aliphatic rings. The first kappa shape index (κ1) is 21.0. The zero-order valence-corrected chi connectivity index (χ0v) is 18.4. The Labute approximate surface area is 178 Å². The Bertz CT molecular complexity index is 876. The summed E-state index contributed by atoms with van der Waals surface area (Å²) >= 11 is 0. The van der Waals surface area contributed by atoms with Crippen molar-refractivity contribution in [2.45, 2.75) is 40.2 Å². The fourth-order valence-corrected chi connectivity index (χ4v) is 4.45. The smallest absolute Gasteiger partial charge is 0.310 e. The highest BCUT2D eigenvalue weighted by Crippen LogP contribution is 2.21. The van der Waals surface area contributed by atoms with Crippen molar-refractivity contribution in [3.05, 3.63) is 17.6 Å². The summed E-state index contributed by atoms with van der Waals surface area (Å²) in [6.07, 6.45) is 1.88. The van der Waals surface area contributed by atoms with Crippen molar-refractivity contribution in [2.24, 2.45) is 5.92 Å². The number of piperidine rings is 1. The zero-order valence-electron chi connectivity index (χ0n) is 18.4. The van der Waals surface area contributed by atoms with Crippen molar-refractivity contribution in [3.8, 4) is 0 Å². The van der Waals surface area contributed by atoms with Gasteiger partial charge in [-0.3, -0.25) is 9.69 Å². The number of likely N-dealkylation sites (tertiary alicyclic amines) is 1. The summed E-state index contributed by atoms with van der Waals surface area (Å²) < 4.78 is 7.11. The van der Waals surface area contributed by atoms with Gasteiger partial charge in [0, 0.05) is 44.5 Å². The minimum atomic E-state index is -0.0871. The predicted molar refractivity (Wildman–Crippen MR) is 114 cm³/mol. The van der Waals surface area contributed by atoms with Crippen LogP contribution in [0.3, 0.4) is 0 Å². The second-order valence-electron chi connectivity index (χ2n) is 8.24. The average molecular weight is 416 g/mol. The Hall–Kier alpha value is -2.26. The van der Waals surface area contributed by atoms with Crippen LogP contribution in [0.1, 0.15) is 38.2 Å². The average Bonchev–Trinajstić information content (AvgIpc) is 3.15. The number of rotatable bonds is 6. The van der Waals surface area contributed by atoms with Crippen LogP contribution >= 0.6 is 0 Å². The van der Waals surface area contributed by atoms with E-state index < -0.39 is 0 Å². The molecule has 2 aromatic heterocycles. The van der Waals surface area contributed by atoms with E-state index in [9.17, 15) is 4.79 Å². The summed E-state index contributed by atoms with van der Waals surface area (Å²) in [5.74, 6) is 2.33. The van der Waals surface area contributed by atoms with Gasteiger partial charge >= 0.3 is 5.97 Å². The molecule has 2 saturated heterocycles. The maximum absolute atomic E-state index is 12.1. The molecule has 4 heterocycles. The van der Waals surface area contributed by atoms with Crippen LogP contribution in [0, 0.1) is 12.8 Å². The van der Waals surface area contributed by atoms with E-state index in [4.69, 9.17) is 14.8 Å². The first-order valence-electron chi connectivity index (χ1n) is 11.2. The fraction of sp³-hybridized carbons (Fsp3) is 0.714. The van der Waals surface area contributed by atoms with Gasteiger partial charge in [-0.05, 0) is 39.8 Å². The monoisotopic (exact) mass is 415 g/mol. The fourth-order valence-electron chi connectivity index (χ4n) is 4.45. The van der Waals surface area contributed by atoms with Crippen LogP contribution < -0.4 is 4.90 Å². The molecule has 30 heavy (non-hydrogen) atoms. The zero-order chi connectivity index (χ0) is 21.1. The Morgan fingerprint density at radius 2 is 1.93 bits per heavy atom. The molecule has 0 N–H and O–H groups in total. The van der Waals surface area contributed by atoms with Gasteiger partial charge in [-0.2, -0.15) is 9.50 Å². The van der Waals surface area contributed by atoms with Gasteiger partial charge in [-0.15, -0.1) is 5.10 Å². The van der Waals surface area contributed by atoms with E-state index in [1.54, 1.807) is 0 Å². The van der Waals surface area contributed by atoms with Crippen LogP contribution in [0.2, 0.25) is 0 Å². The lowest BCUT2D eigenvalue weighted by Gasteiger charge is -2.35. The van der Waals surface area contributed by atoms with E-state index in [-0.39, 0.29) is 11.9 Å². The highest BCUT2D eigenvalue weighted by molar-refractivity contribution is 5.72. The van der Waals surface area contributed by atoms with Crippen LogP contribution in [0.4, 0.5) is 5.82 Å². The minimum absolute atomic E-state index is 0.0541. The molecule has 4 rings (SSSR count). The van der Waals surface area contributed by atoms with E-state index in [0.717, 1.165) is 69.4 Å². The molecule has 0 amide bonds. The van der Waals surface area contributed by atoms with E-state index >= 15 is 0 Å². The maximum Gasteiger partial charge on any atom is 0.310 e. The summed E-state index contributed by atoms with van der Waals surface area (Å²) in [5, 5.41) is 4.80. The lowest BCUT2D eigenvalue weighted by atomic mass is 9.98. The Morgan fingerprint density at radius 3 is 2.67 bits per heavy atom. The summed E-state index contributed by atoms with van der Waals surface area (Å²) in [4.78, 5) is 28.5. The quantitative estimate of drug-likeness (QED) is 0.654. The predicted octanol–water partition coefficient (Wildman–Crippen LogP) is 1.35. The number of esters is 1. The van der Waals surface area contributed by atoms with Crippen LogP contribution in [-0.2, 0) is 16.1 Å². The van der Waals surface area contributed by atoms with E-state index in [1.165, 1.54) is 0 Å². The number of fused-ring (bicyclic) bond motifs is 1. The van der Waals surface area contributed by atoms with E-state index in [0.29, 0.717) is 25.5 Å². The number of aromatic nitrogens is 4. The van der Waals surface area contributed by atoms with E-state index in [2.05, 4.69) is 32.7 Å². The molecule has 0 aliphatic carbocycles. The number of hydrogen-bond acceptors (Lipinski definition) is 8. The first-order valence-corrected chi connectivity index (χ1v) is 11.2. The number of carbonyl (C=O) groups is 1. The molecule has 0 radical (unpaired) electrons. The van der Waals surface area contributed by atoms with E-state index in [1.807, 2.05) is 18.4 Å². The molecule has 0 saturated carbocycles. The summed E-state index contributed by atoms with van der Waals surface area (Å²) in [6, 6.07) is 2.10. The normalized spacial score (nSPS) is 21.3. The van der Waals surface area contributed by atoms with Crippen molar-refractivity contribution in [1.29, 1.82) is 0 Å². The second kappa shape index (κ2) is 9.26. The molecule has 1 unspecified atom stereocenters. The third-order valence-corrected chi connectivity index (χ3v) is 6.10. The topological polar surface area (TPSA) is 79.1 Å². The summed E-state index contributed by atoms with van der Waals surface area (Å²) in [5.41, 5.74) is 0.953. The lowest BCUT2D eigenvalue weighted by molar-refractivity contribution is -0.150. The lowest BCUT2D eigenvalue weighted by Crippen LogP contribution is -2.46.